The summed E-state index contributed by atoms with van der Waals surface area (Å²) >= 11 is 1.46. The van der Waals surface area contributed by atoms with Gasteiger partial charge >= 0.3 is 18.2 Å². The summed E-state index contributed by atoms with van der Waals surface area (Å²) in [6.45, 7) is 4.86. The summed E-state index contributed by atoms with van der Waals surface area (Å²) in [7, 11) is 0. The zero-order valence-electron chi connectivity index (χ0n) is 19.4. The number of nitrogens with zero attached hydrogens (tertiary/aromatic N) is 4. The molecule has 1 aliphatic rings. The van der Waals surface area contributed by atoms with Crippen molar-refractivity contribution in [2.45, 2.75) is 39.3 Å². The SMILES string of the molecule is CCOC(=O)CCNC(=O)Nc1nc(N2CCN(C(=O)CC(F)(F)F)CC2)c2cc(CC)sc2n1. The van der Waals surface area contributed by atoms with Crippen LogP contribution in [0.1, 0.15) is 31.6 Å². The van der Waals surface area contributed by atoms with Crippen LogP contribution in [0, 0.1) is 0 Å². The van der Waals surface area contributed by atoms with Crippen LogP contribution >= 0.6 is 11.3 Å². The maximum absolute atomic E-state index is 12.6. The number of rotatable bonds is 8. The number of alkyl halides is 3. The third kappa shape index (κ3) is 7.41. The minimum Gasteiger partial charge on any atom is -0.466 e. The van der Waals surface area contributed by atoms with Crippen molar-refractivity contribution in [3.63, 3.8) is 0 Å². The summed E-state index contributed by atoms with van der Waals surface area (Å²) in [5.41, 5.74) is 0. The predicted octanol–water partition coefficient (Wildman–Crippen LogP) is 2.93. The highest BCUT2D eigenvalue weighted by molar-refractivity contribution is 7.18. The number of hydrogen-bond acceptors (Lipinski definition) is 8. The Morgan fingerprint density at radius 2 is 1.86 bits per heavy atom. The molecule has 10 nitrogen and oxygen atoms in total. The molecule has 1 saturated heterocycles. The number of anilines is 2. The van der Waals surface area contributed by atoms with Gasteiger partial charge in [-0.1, -0.05) is 6.92 Å². The molecule has 2 aromatic rings. The van der Waals surface area contributed by atoms with Gasteiger partial charge in [-0.3, -0.25) is 14.9 Å². The number of esters is 1. The fourth-order valence-corrected chi connectivity index (χ4v) is 4.50. The summed E-state index contributed by atoms with van der Waals surface area (Å²) in [5.74, 6) is -0.779. The van der Waals surface area contributed by atoms with E-state index in [1.165, 1.54) is 16.2 Å². The van der Waals surface area contributed by atoms with Crippen LogP contribution in [0.25, 0.3) is 10.2 Å². The molecule has 0 saturated carbocycles. The van der Waals surface area contributed by atoms with E-state index in [-0.39, 0.29) is 51.7 Å². The molecule has 0 atom stereocenters. The Hall–Kier alpha value is -3.16. The Morgan fingerprint density at radius 1 is 1.14 bits per heavy atom. The largest absolute Gasteiger partial charge is 0.466 e. The fraction of sp³-hybridized carbons (Fsp3) is 0.571. The molecular weight excluding hydrogens is 489 g/mol. The van der Waals surface area contributed by atoms with Crippen molar-refractivity contribution in [1.29, 1.82) is 0 Å². The summed E-state index contributed by atoms with van der Waals surface area (Å²) in [4.78, 5) is 49.3. The van der Waals surface area contributed by atoms with E-state index in [1.54, 1.807) is 6.92 Å². The second-order valence-corrected chi connectivity index (χ2v) is 8.87. The predicted molar refractivity (Wildman–Crippen MR) is 125 cm³/mol. The number of aromatic nitrogens is 2. The van der Waals surface area contributed by atoms with Crippen LogP contribution in [0.15, 0.2) is 6.07 Å². The molecule has 0 radical (unpaired) electrons. The van der Waals surface area contributed by atoms with E-state index in [1.807, 2.05) is 17.9 Å². The van der Waals surface area contributed by atoms with Crippen molar-refractivity contribution in [3.05, 3.63) is 10.9 Å². The second kappa shape index (κ2) is 11.5. The van der Waals surface area contributed by atoms with Gasteiger partial charge in [-0.25, -0.2) is 9.78 Å². The maximum Gasteiger partial charge on any atom is 0.397 e. The maximum atomic E-state index is 12.6. The van der Waals surface area contributed by atoms with Crippen molar-refractivity contribution < 1.29 is 32.3 Å². The number of amides is 3. The Balaban J connectivity index is 1.71. The minimum atomic E-state index is -4.54. The van der Waals surface area contributed by atoms with Crippen LogP contribution in [0.5, 0.6) is 0 Å². The van der Waals surface area contributed by atoms with E-state index in [0.29, 0.717) is 10.6 Å². The van der Waals surface area contributed by atoms with Gasteiger partial charge in [0.2, 0.25) is 11.9 Å². The number of carbonyl (C=O) groups excluding carboxylic acids is 3. The van der Waals surface area contributed by atoms with Gasteiger partial charge < -0.3 is 19.9 Å². The van der Waals surface area contributed by atoms with Gasteiger partial charge in [0.1, 0.15) is 17.1 Å². The lowest BCUT2D eigenvalue weighted by molar-refractivity contribution is -0.161. The van der Waals surface area contributed by atoms with E-state index >= 15 is 0 Å². The highest BCUT2D eigenvalue weighted by Crippen LogP contribution is 2.33. The molecule has 192 valence electrons. The molecule has 0 spiro atoms. The highest BCUT2D eigenvalue weighted by Gasteiger charge is 2.34. The molecule has 0 bridgehead atoms. The number of thiophene rings is 1. The summed E-state index contributed by atoms with van der Waals surface area (Å²) in [6, 6.07) is 1.37. The molecule has 0 aromatic carbocycles. The van der Waals surface area contributed by atoms with Crippen molar-refractivity contribution in [2.24, 2.45) is 0 Å². The van der Waals surface area contributed by atoms with Crippen LogP contribution < -0.4 is 15.5 Å². The normalized spacial score (nSPS) is 14.2. The van der Waals surface area contributed by atoms with E-state index < -0.39 is 30.5 Å². The number of carbonyl (C=O) groups is 3. The van der Waals surface area contributed by atoms with Gasteiger partial charge in [0.05, 0.1) is 18.4 Å². The Bertz CT molecular complexity index is 1070. The number of ether oxygens (including phenoxy) is 1. The molecule has 3 amide bonds. The highest BCUT2D eigenvalue weighted by atomic mass is 32.1. The molecule has 3 rings (SSSR count). The van der Waals surface area contributed by atoms with Crippen LogP contribution in [0.4, 0.5) is 29.7 Å². The van der Waals surface area contributed by atoms with Crippen LogP contribution in [0.3, 0.4) is 0 Å². The number of nitrogens with one attached hydrogen (secondary N) is 2. The monoisotopic (exact) mass is 516 g/mol. The lowest BCUT2D eigenvalue weighted by atomic mass is 10.2. The first-order chi connectivity index (χ1) is 16.6. The molecule has 0 unspecified atom stereocenters. The van der Waals surface area contributed by atoms with Crippen LogP contribution in [0.2, 0.25) is 0 Å². The number of fused-ring (bicyclic) bond motifs is 1. The fourth-order valence-electron chi connectivity index (χ4n) is 3.54. The quantitative estimate of drug-likeness (QED) is 0.518. The number of piperazine rings is 1. The lowest BCUT2D eigenvalue weighted by Gasteiger charge is -2.35. The average molecular weight is 517 g/mol. The first-order valence-electron chi connectivity index (χ1n) is 11.2. The number of halogens is 3. The molecule has 35 heavy (non-hydrogen) atoms. The van der Waals surface area contributed by atoms with Gasteiger partial charge in [0.15, 0.2) is 0 Å². The first-order valence-corrected chi connectivity index (χ1v) is 12.0. The third-order valence-corrected chi connectivity index (χ3v) is 6.37. The third-order valence-electron chi connectivity index (χ3n) is 5.20. The lowest BCUT2D eigenvalue weighted by Crippen LogP contribution is -2.49. The van der Waals surface area contributed by atoms with Gasteiger partial charge in [-0.2, -0.15) is 18.2 Å². The topological polar surface area (TPSA) is 117 Å². The molecule has 2 N–H and O–H groups in total. The zero-order chi connectivity index (χ0) is 25.6. The van der Waals surface area contributed by atoms with Crippen molar-refractivity contribution in [3.8, 4) is 0 Å². The smallest absolute Gasteiger partial charge is 0.397 e. The van der Waals surface area contributed by atoms with Gasteiger partial charge in [-0.05, 0) is 19.4 Å². The molecule has 2 aromatic heterocycles. The van der Waals surface area contributed by atoms with E-state index in [4.69, 9.17) is 4.74 Å². The van der Waals surface area contributed by atoms with E-state index in [9.17, 15) is 27.6 Å². The number of urea groups is 1. The number of hydrogen-bond donors (Lipinski definition) is 2. The zero-order valence-corrected chi connectivity index (χ0v) is 20.2. The van der Waals surface area contributed by atoms with Crippen molar-refractivity contribution in [1.82, 2.24) is 20.2 Å². The molecule has 14 heteroatoms. The summed E-state index contributed by atoms with van der Waals surface area (Å²) in [5, 5.41) is 5.88. The van der Waals surface area contributed by atoms with Crippen LogP contribution in [-0.4, -0.2) is 78.3 Å². The molecule has 3 heterocycles. The van der Waals surface area contributed by atoms with E-state index in [0.717, 1.165) is 16.7 Å². The second-order valence-electron chi connectivity index (χ2n) is 7.75. The molecule has 0 aliphatic carbocycles. The van der Waals surface area contributed by atoms with E-state index in [2.05, 4.69) is 20.6 Å². The molecule has 1 aliphatic heterocycles. The first kappa shape index (κ1) is 26.4. The summed E-state index contributed by atoms with van der Waals surface area (Å²) in [6.07, 6.45) is -5.22. The van der Waals surface area contributed by atoms with Gasteiger partial charge in [-0.15, -0.1) is 11.3 Å². The average Bonchev–Trinajstić information content (AvgIpc) is 3.21. The van der Waals surface area contributed by atoms with Gasteiger partial charge in [0, 0.05) is 37.6 Å². The standard InChI is InChI=1S/C21H27F3N6O4S/c1-3-13-11-14-17(30-9-7-29(8-10-30)15(31)12-21(22,23)24)26-19(27-18(14)35-13)28-20(33)25-6-5-16(32)34-4-2/h11H,3-10,12H2,1-2H3,(H2,25,26,27,28,33). The number of aryl methyl sites for hydroxylation is 1. The van der Waals surface area contributed by atoms with Crippen molar-refractivity contribution in [2.75, 3.05) is 49.5 Å². The Morgan fingerprint density at radius 3 is 2.49 bits per heavy atom. The van der Waals surface area contributed by atoms with Crippen LogP contribution in [-0.2, 0) is 20.7 Å². The Kier molecular flexibility index (Phi) is 8.70. The molecular formula is C21H27F3N6O4S. The van der Waals surface area contributed by atoms with Crippen molar-refractivity contribution >= 4 is 51.2 Å². The molecule has 1 fully saturated rings. The minimum absolute atomic E-state index is 0.0223. The van der Waals surface area contributed by atoms with Gasteiger partial charge in [0.25, 0.3) is 0 Å². The summed E-state index contributed by atoms with van der Waals surface area (Å²) < 4.78 is 42.5. The Labute approximate surface area is 203 Å².